The number of carbonyl (C=O) groups excluding carboxylic acids is 1. The lowest BCUT2D eigenvalue weighted by molar-refractivity contribution is -0.138. The quantitative estimate of drug-likeness (QED) is 0.698. The van der Waals surface area contributed by atoms with E-state index in [4.69, 9.17) is 5.11 Å². The van der Waals surface area contributed by atoms with Crippen LogP contribution in [-0.4, -0.2) is 22.1 Å². The molecule has 1 rings (SSSR count). The lowest BCUT2D eigenvalue weighted by atomic mass is 9.95. The number of hydrogen-bond acceptors (Lipinski definition) is 3. The molecule has 0 heterocycles. The van der Waals surface area contributed by atoms with Gasteiger partial charge in [0.15, 0.2) is 0 Å². The number of phenols is 1. The van der Waals surface area contributed by atoms with Gasteiger partial charge in [-0.25, -0.2) is 0 Å². The van der Waals surface area contributed by atoms with E-state index in [1.54, 1.807) is 19.1 Å². The smallest absolute Gasteiger partial charge is 0.311 e. The van der Waals surface area contributed by atoms with Crippen LogP contribution >= 0.6 is 0 Å². The summed E-state index contributed by atoms with van der Waals surface area (Å²) in [5.41, 5.74) is 0.543. The normalized spacial score (nSPS) is 11.9. The fourth-order valence-corrected chi connectivity index (χ4v) is 1.66. The fraction of sp³-hybridized carbons (Fsp3) is 0.333. The molecule has 17 heavy (non-hydrogen) atoms. The molecule has 0 unspecified atom stereocenters. The molecule has 1 amide bonds. The first kappa shape index (κ1) is 13.0. The van der Waals surface area contributed by atoms with Crippen LogP contribution in [0.1, 0.15) is 31.7 Å². The van der Waals surface area contributed by atoms with Crippen LogP contribution in [0.4, 0.5) is 5.69 Å². The third kappa shape index (κ3) is 2.96. The maximum atomic E-state index is 11.0. The second-order valence-corrected chi connectivity index (χ2v) is 3.72. The van der Waals surface area contributed by atoms with E-state index in [1.165, 1.54) is 13.0 Å². The van der Waals surface area contributed by atoms with E-state index in [1.807, 2.05) is 0 Å². The van der Waals surface area contributed by atoms with Gasteiger partial charge < -0.3 is 15.5 Å². The Labute approximate surface area is 99.1 Å². The highest BCUT2D eigenvalue weighted by Crippen LogP contribution is 2.34. The summed E-state index contributed by atoms with van der Waals surface area (Å²) < 4.78 is 0. The molecule has 0 saturated carbocycles. The average molecular weight is 237 g/mol. The third-order valence-electron chi connectivity index (χ3n) is 2.46. The summed E-state index contributed by atoms with van der Waals surface area (Å²) in [5.74, 6) is -2.27. The SMILES string of the molecule is CC[C@H](C(=O)O)c1cccc(NC(C)=O)c1O. The van der Waals surface area contributed by atoms with Gasteiger partial charge in [-0.05, 0) is 12.5 Å². The molecular formula is C12H15NO4. The van der Waals surface area contributed by atoms with Crippen molar-refractivity contribution in [1.29, 1.82) is 0 Å². The van der Waals surface area contributed by atoms with Crippen molar-refractivity contribution in [2.75, 3.05) is 5.32 Å². The van der Waals surface area contributed by atoms with Crippen LogP contribution in [0.15, 0.2) is 18.2 Å². The number of hydrogen-bond donors (Lipinski definition) is 3. The largest absolute Gasteiger partial charge is 0.505 e. The number of carboxylic acid groups (broad SMARTS) is 1. The molecule has 0 aromatic heterocycles. The average Bonchev–Trinajstić information content (AvgIpc) is 2.23. The highest BCUT2D eigenvalue weighted by Gasteiger charge is 2.22. The zero-order chi connectivity index (χ0) is 13.0. The minimum Gasteiger partial charge on any atom is -0.505 e. The molecule has 5 heteroatoms. The van der Waals surface area contributed by atoms with E-state index in [0.29, 0.717) is 12.0 Å². The molecule has 0 radical (unpaired) electrons. The van der Waals surface area contributed by atoms with E-state index in [-0.39, 0.29) is 17.3 Å². The van der Waals surface area contributed by atoms with Crippen molar-refractivity contribution in [3.8, 4) is 5.75 Å². The van der Waals surface area contributed by atoms with Gasteiger partial charge in [-0.2, -0.15) is 0 Å². The second kappa shape index (κ2) is 5.34. The van der Waals surface area contributed by atoms with Gasteiger partial charge in [0.05, 0.1) is 11.6 Å². The molecule has 0 saturated heterocycles. The van der Waals surface area contributed by atoms with Crippen molar-refractivity contribution in [3.05, 3.63) is 23.8 Å². The number of carboxylic acids is 1. The van der Waals surface area contributed by atoms with Gasteiger partial charge in [0.1, 0.15) is 5.75 Å². The van der Waals surface area contributed by atoms with E-state index in [2.05, 4.69) is 5.32 Å². The number of aromatic hydroxyl groups is 1. The molecule has 92 valence electrons. The summed E-state index contributed by atoms with van der Waals surface area (Å²) in [7, 11) is 0. The van der Waals surface area contributed by atoms with Crippen LogP contribution in [0.5, 0.6) is 5.75 Å². The summed E-state index contributed by atoms with van der Waals surface area (Å²) in [6.45, 7) is 3.05. The number of aliphatic carboxylic acids is 1. The number of phenolic OH excluding ortho intramolecular Hbond substituents is 1. The van der Waals surface area contributed by atoms with Crippen molar-refractivity contribution in [1.82, 2.24) is 0 Å². The summed E-state index contributed by atoms with van der Waals surface area (Å²) in [6.07, 6.45) is 0.367. The predicted octanol–water partition coefficient (Wildman–Crippen LogP) is 1.93. The number of anilines is 1. The zero-order valence-corrected chi connectivity index (χ0v) is 9.73. The van der Waals surface area contributed by atoms with Gasteiger partial charge in [0.25, 0.3) is 0 Å². The number of nitrogens with one attached hydrogen (secondary N) is 1. The number of benzene rings is 1. The minimum atomic E-state index is -0.997. The van der Waals surface area contributed by atoms with Crippen LogP contribution < -0.4 is 5.32 Å². The molecule has 0 bridgehead atoms. The van der Waals surface area contributed by atoms with Crippen LogP contribution in [-0.2, 0) is 9.59 Å². The lowest BCUT2D eigenvalue weighted by Crippen LogP contribution is -2.12. The Hall–Kier alpha value is -2.04. The van der Waals surface area contributed by atoms with E-state index in [9.17, 15) is 14.7 Å². The Kier molecular flexibility index (Phi) is 4.09. The Morgan fingerprint density at radius 1 is 1.41 bits per heavy atom. The van der Waals surface area contributed by atoms with Crippen LogP contribution in [0.25, 0.3) is 0 Å². The maximum absolute atomic E-state index is 11.0. The Bertz CT molecular complexity index is 442. The van der Waals surface area contributed by atoms with Gasteiger partial charge in [0.2, 0.25) is 5.91 Å². The van der Waals surface area contributed by atoms with Gasteiger partial charge in [0, 0.05) is 12.5 Å². The monoisotopic (exact) mass is 237 g/mol. The molecular weight excluding hydrogens is 222 g/mol. The van der Waals surface area contributed by atoms with Crippen molar-refractivity contribution in [2.24, 2.45) is 0 Å². The van der Waals surface area contributed by atoms with E-state index in [0.717, 1.165) is 0 Å². The van der Waals surface area contributed by atoms with Crippen molar-refractivity contribution in [3.63, 3.8) is 0 Å². The van der Waals surface area contributed by atoms with Crippen molar-refractivity contribution >= 4 is 17.6 Å². The first-order valence-corrected chi connectivity index (χ1v) is 5.29. The van der Waals surface area contributed by atoms with Crippen molar-refractivity contribution in [2.45, 2.75) is 26.2 Å². The number of amides is 1. The topological polar surface area (TPSA) is 86.6 Å². The molecule has 0 aliphatic heterocycles. The molecule has 1 atom stereocenters. The highest BCUT2D eigenvalue weighted by atomic mass is 16.4. The lowest BCUT2D eigenvalue weighted by Gasteiger charge is -2.14. The van der Waals surface area contributed by atoms with Crippen LogP contribution in [0.3, 0.4) is 0 Å². The molecule has 0 aliphatic carbocycles. The third-order valence-corrected chi connectivity index (χ3v) is 2.46. The standard InChI is InChI=1S/C12H15NO4/c1-3-8(12(16)17)9-5-4-6-10(11(9)15)13-7(2)14/h4-6,8,15H,3H2,1-2H3,(H,13,14)(H,16,17)/t8-/m0/s1. The first-order chi connectivity index (χ1) is 7.97. The van der Waals surface area contributed by atoms with E-state index < -0.39 is 11.9 Å². The first-order valence-electron chi connectivity index (χ1n) is 5.29. The molecule has 0 fully saturated rings. The van der Waals surface area contributed by atoms with Gasteiger partial charge in [-0.15, -0.1) is 0 Å². The summed E-state index contributed by atoms with van der Waals surface area (Å²) in [4.78, 5) is 21.9. The number of para-hydroxylation sites is 1. The molecule has 1 aromatic carbocycles. The summed E-state index contributed by atoms with van der Waals surface area (Å²) in [6, 6.07) is 4.67. The fourth-order valence-electron chi connectivity index (χ4n) is 1.66. The predicted molar refractivity (Wildman–Crippen MR) is 63.1 cm³/mol. The number of rotatable bonds is 4. The Morgan fingerprint density at radius 2 is 2.06 bits per heavy atom. The summed E-state index contributed by atoms with van der Waals surface area (Å²) in [5, 5.41) is 21.4. The number of carbonyl (C=O) groups is 2. The molecule has 3 N–H and O–H groups in total. The molecule has 1 aromatic rings. The van der Waals surface area contributed by atoms with Gasteiger partial charge in [-0.3, -0.25) is 9.59 Å². The zero-order valence-electron chi connectivity index (χ0n) is 9.73. The van der Waals surface area contributed by atoms with Crippen LogP contribution in [0, 0.1) is 0 Å². The molecule has 5 nitrogen and oxygen atoms in total. The molecule has 0 spiro atoms. The Morgan fingerprint density at radius 3 is 2.53 bits per heavy atom. The summed E-state index contributed by atoms with van der Waals surface area (Å²) >= 11 is 0. The minimum absolute atomic E-state index is 0.183. The van der Waals surface area contributed by atoms with E-state index >= 15 is 0 Å². The highest BCUT2D eigenvalue weighted by molar-refractivity contribution is 5.91. The van der Waals surface area contributed by atoms with Gasteiger partial charge >= 0.3 is 5.97 Å². The second-order valence-electron chi connectivity index (χ2n) is 3.72. The Balaban J connectivity index is 3.17. The van der Waals surface area contributed by atoms with Gasteiger partial charge in [-0.1, -0.05) is 19.1 Å². The molecule has 0 aliphatic rings. The van der Waals surface area contributed by atoms with Crippen molar-refractivity contribution < 1.29 is 19.8 Å². The van der Waals surface area contributed by atoms with Crippen LogP contribution in [0.2, 0.25) is 0 Å². The maximum Gasteiger partial charge on any atom is 0.311 e.